The maximum atomic E-state index is 12.3. The monoisotopic (exact) mass is 395 g/mol. The van der Waals surface area contributed by atoms with Crippen molar-refractivity contribution in [1.82, 2.24) is 4.98 Å². The second kappa shape index (κ2) is 7.75. The molecule has 0 amide bonds. The number of ether oxygens (including phenoxy) is 2. The van der Waals surface area contributed by atoms with Crippen molar-refractivity contribution in [1.29, 1.82) is 0 Å². The van der Waals surface area contributed by atoms with Gasteiger partial charge in [0.1, 0.15) is 11.4 Å². The maximum Gasteiger partial charge on any atom is 0.353 e. The summed E-state index contributed by atoms with van der Waals surface area (Å²) in [7, 11) is 0. The van der Waals surface area contributed by atoms with Crippen LogP contribution in [0.2, 0.25) is 0 Å². The van der Waals surface area contributed by atoms with Crippen LogP contribution >= 0.6 is 0 Å². The van der Waals surface area contributed by atoms with E-state index in [0.717, 1.165) is 10.9 Å². The number of anilines is 1. The van der Waals surface area contributed by atoms with E-state index in [0.29, 0.717) is 11.1 Å². The van der Waals surface area contributed by atoms with Crippen LogP contribution < -0.4 is 10.5 Å². The summed E-state index contributed by atoms with van der Waals surface area (Å²) in [5.41, 5.74) is 5.44. The minimum atomic E-state index is -0.628. The highest BCUT2D eigenvalue weighted by Crippen LogP contribution is 2.38. The van der Waals surface area contributed by atoms with Crippen molar-refractivity contribution in [2.75, 3.05) is 5.73 Å². The molecule has 150 valence electrons. The lowest BCUT2D eigenvalue weighted by molar-refractivity contribution is -0.384. The van der Waals surface area contributed by atoms with Crippen molar-refractivity contribution >= 4 is 28.2 Å². The van der Waals surface area contributed by atoms with Gasteiger partial charge in [0.15, 0.2) is 0 Å². The van der Waals surface area contributed by atoms with E-state index in [1.54, 1.807) is 12.1 Å². The van der Waals surface area contributed by atoms with Gasteiger partial charge in [-0.15, -0.1) is 0 Å². The molecule has 0 saturated carbocycles. The van der Waals surface area contributed by atoms with E-state index in [-0.39, 0.29) is 24.0 Å². The number of carbonyl (C=O) groups excluding carboxylic acids is 1. The molecule has 0 radical (unpaired) electrons. The van der Waals surface area contributed by atoms with Gasteiger partial charge < -0.3 is 15.2 Å². The normalized spacial score (nSPS) is 11.3. The van der Waals surface area contributed by atoms with Gasteiger partial charge in [0.05, 0.1) is 11.3 Å². The minimum Gasteiger partial charge on any atom is -0.460 e. The first-order valence-electron chi connectivity index (χ1n) is 8.95. The predicted octanol–water partition coefficient (Wildman–Crippen LogP) is 4.40. The molecule has 1 heterocycles. The summed E-state index contributed by atoms with van der Waals surface area (Å²) < 4.78 is 11.2. The summed E-state index contributed by atoms with van der Waals surface area (Å²) in [5, 5.41) is 12.8. The number of esters is 1. The Morgan fingerprint density at radius 2 is 1.79 bits per heavy atom. The van der Waals surface area contributed by atoms with Crippen LogP contribution in [0, 0.1) is 10.1 Å². The smallest absolute Gasteiger partial charge is 0.353 e. The molecule has 3 aromatic rings. The third-order valence-corrected chi connectivity index (χ3v) is 4.05. The second-order valence-corrected chi connectivity index (χ2v) is 7.43. The number of pyridine rings is 1. The summed E-state index contributed by atoms with van der Waals surface area (Å²) in [4.78, 5) is 26.7. The number of carbonyl (C=O) groups is 1. The highest BCUT2D eigenvalue weighted by Gasteiger charge is 2.22. The quantitative estimate of drug-likeness (QED) is 0.386. The van der Waals surface area contributed by atoms with Crippen molar-refractivity contribution in [3.8, 4) is 11.5 Å². The van der Waals surface area contributed by atoms with Crippen LogP contribution in [0.25, 0.3) is 10.8 Å². The first-order valence-corrected chi connectivity index (χ1v) is 8.95. The van der Waals surface area contributed by atoms with Crippen LogP contribution in [0.1, 0.15) is 26.3 Å². The first-order chi connectivity index (χ1) is 13.7. The van der Waals surface area contributed by atoms with Crippen molar-refractivity contribution in [3.05, 3.63) is 64.3 Å². The van der Waals surface area contributed by atoms with E-state index >= 15 is 0 Å². The Hall–Kier alpha value is -3.68. The van der Waals surface area contributed by atoms with Gasteiger partial charge in [0.25, 0.3) is 0 Å². The number of rotatable bonds is 5. The summed E-state index contributed by atoms with van der Waals surface area (Å²) in [6, 6.07) is 12.1. The number of nitro groups is 1. The van der Waals surface area contributed by atoms with Gasteiger partial charge in [-0.1, -0.05) is 30.3 Å². The maximum absolute atomic E-state index is 12.3. The molecule has 0 saturated heterocycles. The van der Waals surface area contributed by atoms with Crippen molar-refractivity contribution < 1.29 is 19.2 Å². The largest absolute Gasteiger partial charge is 0.460 e. The molecule has 3 rings (SSSR count). The van der Waals surface area contributed by atoms with Gasteiger partial charge in [0, 0.05) is 17.6 Å². The Kier molecular flexibility index (Phi) is 5.36. The minimum absolute atomic E-state index is 0.00690. The fraction of sp³-hybridized carbons (Fsp3) is 0.238. The number of hydrogen-bond acceptors (Lipinski definition) is 7. The van der Waals surface area contributed by atoms with Gasteiger partial charge in [-0.2, -0.15) is 0 Å². The van der Waals surface area contributed by atoms with Crippen LogP contribution in [-0.4, -0.2) is 21.5 Å². The van der Waals surface area contributed by atoms with Crippen LogP contribution in [-0.2, 0) is 16.0 Å². The molecule has 0 aliphatic heterocycles. The molecule has 0 atom stereocenters. The van der Waals surface area contributed by atoms with Gasteiger partial charge in [0.2, 0.25) is 11.6 Å². The molecule has 0 spiro atoms. The molecule has 8 heteroatoms. The average molecular weight is 395 g/mol. The number of hydrogen-bond donors (Lipinski definition) is 1. The summed E-state index contributed by atoms with van der Waals surface area (Å²) in [5.74, 6) is -0.165. The third-order valence-electron chi connectivity index (χ3n) is 4.05. The Morgan fingerprint density at radius 3 is 2.45 bits per heavy atom. The molecule has 0 fully saturated rings. The van der Waals surface area contributed by atoms with Crippen LogP contribution in [0.4, 0.5) is 11.5 Å². The number of fused-ring (bicyclic) bond motifs is 1. The van der Waals surface area contributed by atoms with E-state index in [1.165, 1.54) is 12.3 Å². The zero-order valence-electron chi connectivity index (χ0n) is 16.3. The number of nitrogen functional groups attached to an aromatic ring is 1. The molecule has 0 aliphatic carbocycles. The van der Waals surface area contributed by atoms with E-state index in [4.69, 9.17) is 15.2 Å². The Bertz CT molecular complexity index is 1090. The number of nitrogens with zero attached hydrogens (tertiary/aromatic N) is 2. The van der Waals surface area contributed by atoms with Crippen LogP contribution in [0.5, 0.6) is 11.5 Å². The zero-order valence-corrected chi connectivity index (χ0v) is 16.3. The van der Waals surface area contributed by atoms with Gasteiger partial charge in [-0.3, -0.25) is 14.9 Å². The highest BCUT2D eigenvalue weighted by atomic mass is 16.6. The van der Waals surface area contributed by atoms with Crippen LogP contribution in [0.15, 0.2) is 48.7 Å². The molecule has 2 N–H and O–H groups in total. The summed E-state index contributed by atoms with van der Waals surface area (Å²) in [6.45, 7) is 5.44. The molecular weight excluding hydrogens is 374 g/mol. The molecule has 0 bridgehead atoms. The SMILES string of the molecule is CC(C)(C)OC(=O)Cc1ccc(Oc2ccnc(N)c2[N+](=O)[O-])c2ccccc12. The second-order valence-electron chi connectivity index (χ2n) is 7.43. The van der Waals surface area contributed by atoms with Gasteiger partial charge in [-0.25, -0.2) is 4.98 Å². The lowest BCUT2D eigenvalue weighted by atomic mass is 10.0. The fourth-order valence-electron chi connectivity index (χ4n) is 2.95. The molecule has 0 unspecified atom stereocenters. The van der Waals surface area contributed by atoms with E-state index in [1.807, 2.05) is 45.0 Å². The standard InChI is InChI=1S/C21H21N3O5/c1-21(2,3)29-18(25)12-13-8-9-16(15-7-5-4-6-14(13)15)28-17-10-11-23-20(22)19(17)24(26)27/h4-11H,12H2,1-3H3,(H2,22,23). The third kappa shape index (κ3) is 4.60. The van der Waals surface area contributed by atoms with E-state index < -0.39 is 16.2 Å². The van der Waals surface area contributed by atoms with Gasteiger partial charge >= 0.3 is 11.7 Å². The number of nitrogens with two attached hydrogens (primary N) is 1. The zero-order chi connectivity index (χ0) is 21.2. The Labute approximate surface area is 167 Å². The number of aromatic nitrogens is 1. The first kappa shape index (κ1) is 20.1. The van der Waals surface area contributed by atoms with E-state index in [2.05, 4.69) is 4.98 Å². The molecule has 0 aliphatic rings. The fourth-order valence-corrected chi connectivity index (χ4v) is 2.95. The topological polar surface area (TPSA) is 118 Å². The van der Waals surface area contributed by atoms with Crippen molar-refractivity contribution in [2.24, 2.45) is 0 Å². The summed E-state index contributed by atoms with van der Waals surface area (Å²) in [6.07, 6.45) is 1.44. The Balaban J connectivity index is 2.00. The van der Waals surface area contributed by atoms with E-state index in [9.17, 15) is 14.9 Å². The molecular formula is C21H21N3O5. The van der Waals surface area contributed by atoms with Crippen LogP contribution in [0.3, 0.4) is 0 Å². The lowest BCUT2D eigenvalue weighted by Gasteiger charge is -2.20. The number of benzene rings is 2. The molecule has 2 aromatic carbocycles. The van der Waals surface area contributed by atoms with Gasteiger partial charge in [-0.05, 0) is 37.8 Å². The van der Waals surface area contributed by atoms with Crippen molar-refractivity contribution in [2.45, 2.75) is 32.8 Å². The molecule has 1 aromatic heterocycles. The van der Waals surface area contributed by atoms with Crippen molar-refractivity contribution in [3.63, 3.8) is 0 Å². The molecule has 8 nitrogen and oxygen atoms in total. The average Bonchev–Trinajstić information content (AvgIpc) is 2.62. The predicted molar refractivity (Wildman–Crippen MR) is 109 cm³/mol. The molecule has 29 heavy (non-hydrogen) atoms. The highest BCUT2D eigenvalue weighted by molar-refractivity contribution is 5.93. The summed E-state index contributed by atoms with van der Waals surface area (Å²) >= 11 is 0. The Morgan fingerprint density at radius 1 is 1.10 bits per heavy atom. The lowest BCUT2D eigenvalue weighted by Crippen LogP contribution is -2.24.